The second-order valence-corrected chi connectivity index (χ2v) is 3.30. The summed E-state index contributed by atoms with van der Waals surface area (Å²) in [6, 6.07) is 9.59. The Morgan fingerprint density at radius 1 is 1.33 bits per heavy atom. The van der Waals surface area contributed by atoms with Gasteiger partial charge < -0.3 is 5.11 Å². The number of rotatable bonds is 3. The van der Waals surface area contributed by atoms with E-state index in [0.29, 0.717) is 5.88 Å². The molecule has 0 saturated carbocycles. The average Bonchev–Trinajstić information content (AvgIpc) is 2.17. The number of hydrogen-bond acceptors (Lipinski definition) is 1. The Hall–Kier alpha value is -0.530. The molecule has 1 rings (SSSR count). The molecule has 0 spiro atoms. The molecule has 0 saturated heterocycles. The van der Waals surface area contributed by atoms with Crippen LogP contribution in [0, 0.1) is 5.92 Å². The van der Waals surface area contributed by atoms with E-state index >= 15 is 0 Å². The van der Waals surface area contributed by atoms with Gasteiger partial charge >= 0.3 is 0 Å². The molecule has 12 heavy (non-hydrogen) atoms. The number of aliphatic hydroxyl groups is 1. The van der Waals surface area contributed by atoms with Crippen molar-refractivity contribution in [3.8, 4) is 0 Å². The van der Waals surface area contributed by atoms with E-state index in [-0.39, 0.29) is 5.92 Å². The summed E-state index contributed by atoms with van der Waals surface area (Å²) in [5, 5.41) is 9.70. The Balaban J connectivity index is 2.71. The molecule has 2 atom stereocenters. The van der Waals surface area contributed by atoms with Crippen LogP contribution in [0.4, 0.5) is 0 Å². The lowest BCUT2D eigenvalue weighted by Gasteiger charge is -2.16. The van der Waals surface area contributed by atoms with Gasteiger partial charge in [-0.2, -0.15) is 0 Å². The Kier molecular flexibility index (Phi) is 3.57. The van der Waals surface area contributed by atoms with E-state index in [1.807, 2.05) is 37.3 Å². The molecule has 1 nitrogen and oxygen atoms in total. The second-order valence-electron chi connectivity index (χ2n) is 2.99. The van der Waals surface area contributed by atoms with E-state index in [9.17, 15) is 5.11 Å². The number of alkyl halides is 1. The molecule has 1 aromatic carbocycles. The number of hydrogen-bond donors (Lipinski definition) is 1. The number of aliphatic hydroxyl groups excluding tert-OH is 1. The lowest BCUT2D eigenvalue weighted by atomic mass is 9.99. The topological polar surface area (TPSA) is 20.2 Å². The van der Waals surface area contributed by atoms with Crippen LogP contribution < -0.4 is 0 Å². The SMILES string of the molecule is C[C@@H](CCl)[C@@H](O)c1ccccc1. The molecule has 0 radical (unpaired) electrons. The monoisotopic (exact) mass is 184 g/mol. The summed E-state index contributed by atoms with van der Waals surface area (Å²) in [5.41, 5.74) is 0.936. The van der Waals surface area contributed by atoms with E-state index in [4.69, 9.17) is 11.6 Å². The van der Waals surface area contributed by atoms with E-state index in [2.05, 4.69) is 0 Å². The second kappa shape index (κ2) is 4.48. The molecule has 0 aliphatic rings. The molecule has 2 heteroatoms. The van der Waals surface area contributed by atoms with Crippen molar-refractivity contribution < 1.29 is 5.11 Å². The highest BCUT2D eigenvalue weighted by atomic mass is 35.5. The minimum atomic E-state index is -0.441. The third-order valence-corrected chi connectivity index (χ3v) is 2.41. The summed E-state index contributed by atoms with van der Waals surface area (Å²) in [7, 11) is 0. The summed E-state index contributed by atoms with van der Waals surface area (Å²) in [6.45, 7) is 1.94. The van der Waals surface area contributed by atoms with Gasteiger partial charge in [0.15, 0.2) is 0 Å². The highest BCUT2D eigenvalue weighted by Crippen LogP contribution is 2.21. The first-order valence-corrected chi connectivity index (χ1v) is 4.58. The quantitative estimate of drug-likeness (QED) is 0.716. The Bertz CT molecular complexity index is 223. The predicted molar refractivity (Wildman–Crippen MR) is 51.3 cm³/mol. The lowest BCUT2D eigenvalue weighted by Crippen LogP contribution is -2.10. The van der Waals surface area contributed by atoms with Crippen molar-refractivity contribution >= 4 is 11.6 Å². The van der Waals surface area contributed by atoms with Crippen LogP contribution in [0.2, 0.25) is 0 Å². The highest BCUT2D eigenvalue weighted by Gasteiger charge is 2.14. The van der Waals surface area contributed by atoms with Crippen LogP contribution in [0.1, 0.15) is 18.6 Å². The van der Waals surface area contributed by atoms with Crippen LogP contribution in [0.3, 0.4) is 0 Å². The molecule has 0 unspecified atom stereocenters. The van der Waals surface area contributed by atoms with Gasteiger partial charge in [-0.1, -0.05) is 37.3 Å². The van der Waals surface area contributed by atoms with Crippen LogP contribution in [0.25, 0.3) is 0 Å². The summed E-state index contributed by atoms with van der Waals surface area (Å²) in [6.07, 6.45) is -0.441. The van der Waals surface area contributed by atoms with Gasteiger partial charge in [0.25, 0.3) is 0 Å². The summed E-state index contributed by atoms with van der Waals surface area (Å²) >= 11 is 5.64. The standard InChI is InChI=1S/C10H13ClO/c1-8(7-11)10(12)9-5-3-2-4-6-9/h2-6,8,10,12H,7H2,1H3/t8-,10+/m0/s1. The molecule has 0 amide bonds. The van der Waals surface area contributed by atoms with Gasteiger partial charge in [-0.05, 0) is 11.5 Å². The molecule has 66 valence electrons. The maximum atomic E-state index is 9.70. The van der Waals surface area contributed by atoms with Crippen molar-refractivity contribution in [2.24, 2.45) is 5.92 Å². The first kappa shape index (κ1) is 9.56. The minimum Gasteiger partial charge on any atom is -0.388 e. The van der Waals surface area contributed by atoms with Crippen LogP contribution in [-0.4, -0.2) is 11.0 Å². The van der Waals surface area contributed by atoms with Gasteiger partial charge in [0.2, 0.25) is 0 Å². The average molecular weight is 185 g/mol. The molecule has 1 N–H and O–H groups in total. The first-order valence-electron chi connectivity index (χ1n) is 4.04. The van der Waals surface area contributed by atoms with Crippen LogP contribution >= 0.6 is 11.6 Å². The maximum absolute atomic E-state index is 9.70. The Morgan fingerprint density at radius 2 is 1.92 bits per heavy atom. The molecule has 0 fully saturated rings. The zero-order valence-electron chi connectivity index (χ0n) is 7.07. The smallest absolute Gasteiger partial charge is 0.0826 e. The highest BCUT2D eigenvalue weighted by molar-refractivity contribution is 6.18. The van der Waals surface area contributed by atoms with Crippen molar-refractivity contribution in [2.45, 2.75) is 13.0 Å². The third kappa shape index (κ3) is 2.23. The zero-order chi connectivity index (χ0) is 8.97. The van der Waals surface area contributed by atoms with Crippen LogP contribution in [-0.2, 0) is 0 Å². The molecular weight excluding hydrogens is 172 g/mol. The normalized spacial score (nSPS) is 15.6. The minimum absolute atomic E-state index is 0.106. The largest absolute Gasteiger partial charge is 0.388 e. The maximum Gasteiger partial charge on any atom is 0.0826 e. The number of halogens is 1. The molecule has 0 aromatic heterocycles. The van der Waals surface area contributed by atoms with Gasteiger partial charge in [-0.25, -0.2) is 0 Å². The van der Waals surface area contributed by atoms with Crippen molar-refractivity contribution in [2.75, 3.05) is 5.88 Å². The lowest BCUT2D eigenvalue weighted by molar-refractivity contribution is 0.128. The van der Waals surface area contributed by atoms with Gasteiger partial charge in [0.05, 0.1) is 6.10 Å². The Morgan fingerprint density at radius 3 is 2.42 bits per heavy atom. The van der Waals surface area contributed by atoms with Gasteiger partial charge in [-0.3, -0.25) is 0 Å². The predicted octanol–water partition coefficient (Wildman–Crippen LogP) is 2.59. The first-order chi connectivity index (χ1) is 5.75. The van der Waals surface area contributed by atoms with Crippen molar-refractivity contribution in [1.29, 1.82) is 0 Å². The fraction of sp³-hybridized carbons (Fsp3) is 0.400. The van der Waals surface area contributed by atoms with Gasteiger partial charge in [0.1, 0.15) is 0 Å². The Labute approximate surface area is 78.0 Å². The fourth-order valence-corrected chi connectivity index (χ4v) is 1.23. The number of benzene rings is 1. The van der Waals surface area contributed by atoms with Gasteiger partial charge in [-0.15, -0.1) is 11.6 Å². The van der Waals surface area contributed by atoms with E-state index in [0.717, 1.165) is 5.56 Å². The molecule has 1 aromatic rings. The van der Waals surface area contributed by atoms with E-state index in [1.165, 1.54) is 0 Å². The van der Waals surface area contributed by atoms with Crippen LogP contribution in [0.15, 0.2) is 30.3 Å². The molecule has 0 aliphatic heterocycles. The molecular formula is C10H13ClO. The van der Waals surface area contributed by atoms with Crippen LogP contribution in [0.5, 0.6) is 0 Å². The van der Waals surface area contributed by atoms with Crippen molar-refractivity contribution in [3.05, 3.63) is 35.9 Å². The van der Waals surface area contributed by atoms with Crippen molar-refractivity contribution in [3.63, 3.8) is 0 Å². The van der Waals surface area contributed by atoms with E-state index < -0.39 is 6.10 Å². The molecule has 0 aliphatic carbocycles. The van der Waals surface area contributed by atoms with Gasteiger partial charge in [0, 0.05) is 5.88 Å². The summed E-state index contributed by atoms with van der Waals surface area (Å²) in [5.74, 6) is 0.588. The summed E-state index contributed by atoms with van der Waals surface area (Å²) < 4.78 is 0. The van der Waals surface area contributed by atoms with E-state index in [1.54, 1.807) is 0 Å². The van der Waals surface area contributed by atoms with Crippen molar-refractivity contribution in [1.82, 2.24) is 0 Å². The zero-order valence-corrected chi connectivity index (χ0v) is 7.83. The fourth-order valence-electron chi connectivity index (χ4n) is 1.06. The molecule has 0 bridgehead atoms. The summed E-state index contributed by atoms with van der Waals surface area (Å²) in [4.78, 5) is 0. The molecule has 0 heterocycles. The third-order valence-electron chi connectivity index (χ3n) is 1.92.